The summed E-state index contributed by atoms with van der Waals surface area (Å²) in [5, 5.41) is 3.12. The maximum Gasteiger partial charge on any atom is 0.230 e. The van der Waals surface area contributed by atoms with Gasteiger partial charge in [-0.05, 0) is 66.9 Å². The van der Waals surface area contributed by atoms with E-state index in [0.717, 1.165) is 41.6 Å². The van der Waals surface area contributed by atoms with E-state index >= 15 is 0 Å². The molecule has 3 aromatic carbocycles. The third-order valence-electron chi connectivity index (χ3n) is 5.80. The highest BCUT2D eigenvalue weighted by atomic mass is 19.1. The van der Waals surface area contributed by atoms with Crippen molar-refractivity contribution >= 4 is 5.91 Å². The number of hydrogen-bond donors (Lipinski definition) is 1. The van der Waals surface area contributed by atoms with Crippen LogP contribution in [-0.4, -0.2) is 24.9 Å². The zero-order valence-electron chi connectivity index (χ0n) is 17.5. The predicted molar refractivity (Wildman–Crippen MR) is 118 cm³/mol. The summed E-state index contributed by atoms with van der Waals surface area (Å²) >= 11 is 0. The molecule has 0 spiro atoms. The van der Waals surface area contributed by atoms with Gasteiger partial charge < -0.3 is 10.2 Å². The Morgan fingerprint density at radius 2 is 1.63 bits per heavy atom. The van der Waals surface area contributed by atoms with E-state index in [1.807, 2.05) is 12.1 Å². The first-order valence-corrected chi connectivity index (χ1v) is 10.3. The van der Waals surface area contributed by atoms with Crippen LogP contribution in [0.2, 0.25) is 0 Å². The Labute approximate surface area is 177 Å². The quantitative estimate of drug-likeness (QED) is 0.609. The fraction of sp³-hybridized carbons (Fsp3) is 0.269. The average molecular weight is 403 g/mol. The Hall–Kier alpha value is -2.98. The molecule has 1 N–H and O–H groups in total. The Bertz CT molecular complexity index is 1020. The maximum atomic E-state index is 13.3. The molecule has 3 aromatic rings. The Morgan fingerprint density at radius 3 is 2.27 bits per heavy atom. The van der Waals surface area contributed by atoms with Gasteiger partial charge in [-0.25, -0.2) is 4.39 Å². The van der Waals surface area contributed by atoms with Gasteiger partial charge in [-0.2, -0.15) is 0 Å². The van der Waals surface area contributed by atoms with Crippen molar-refractivity contribution in [2.45, 2.75) is 31.3 Å². The van der Waals surface area contributed by atoms with Crippen molar-refractivity contribution < 1.29 is 9.18 Å². The van der Waals surface area contributed by atoms with E-state index in [1.54, 1.807) is 12.1 Å². The third-order valence-corrected chi connectivity index (χ3v) is 5.80. The number of amides is 1. The summed E-state index contributed by atoms with van der Waals surface area (Å²) in [5.41, 5.74) is 5.01. The average Bonchev–Trinajstić information content (AvgIpc) is 3.55. The van der Waals surface area contributed by atoms with Crippen LogP contribution in [0.25, 0.3) is 11.1 Å². The van der Waals surface area contributed by atoms with Crippen molar-refractivity contribution in [3.05, 3.63) is 95.3 Å². The van der Waals surface area contributed by atoms with Gasteiger partial charge in [-0.3, -0.25) is 4.79 Å². The monoisotopic (exact) mass is 402 g/mol. The fourth-order valence-corrected chi connectivity index (χ4v) is 4.00. The van der Waals surface area contributed by atoms with Gasteiger partial charge in [-0.15, -0.1) is 0 Å². The highest BCUT2D eigenvalue weighted by molar-refractivity contribution is 5.91. The second-order valence-corrected chi connectivity index (χ2v) is 8.36. The number of carbonyl (C=O) groups is 1. The number of nitrogens with one attached hydrogen (secondary N) is 1. The maximum absolute atomic E-state index is 13.3. The van der Waals surface area contributed by atoms with E-state index < -0.39 is 5.41 Å². The molecule has 4 heteroatoms. The van der Waals surface area contributed by atoms with Gasteiger partial charge in [-0.1, -0.05) is 60.7 Å². The lowest BCUT2D eigenvalue weighted by molar-refractivity contribution is -0.123. The summed E-state index contributed by atoms with van der Waals surface area (Å²) in [4.78, 5) is 15.1. The van der Waals surface area contributed by atoms with Crippen molar-refractivity contribution in [1.82, 2.24) is 10.2 Å². The molecule has 0 aromatic heterocycles. The molecule has 0 radical (unpaired) electrons. The first-order valence-electron chi connectivity index (χ1n) is 10.3. The van der Waals surface area contributed by atoms with Crippen LogP contribution in [0.1, 0.15) is 29.5 Å². The summed E-state index contributed by atoms with van der Waals surface area (Å²) < 4.78 is 13.3. The minimum Gasteiger partial charge on any atom is -0.351 e. The summed E-state index contributed by atoms with van der Waals surface area (Å²) in [7, 11) is 4.12. The first kappa shape index (κ1) is 20.3. The molecule has 30 heavy (non-hydrogen) atoms. The molecule has 4 rings (SSSR count). The van der Waals surface area contributed by atoms with Crippen LogP contribution < -0.4 is 5.32 Å². The highest BCUT2D eigenvalue weighted by Gasteiger charge is 2.51. The predicted octanol–water partition coefficient (Wildman–Crippen LogP) is 4.90. The van der Waals surface area contributed by atoms with Gasteiger partial charge in [0.05, 0.1) is 5.41 Å². The molecule has 0 saturated heterocycles. The van der Waals surface area contributed by atoms with Crippen molar-refractivity contribution in [3.8, 4) is 11.1 Å². The first-order chi connectivity index (χ1) is 14.5. The van der Waals surface area contributed by atoms with E-state index in [-0.39, 0.29) is 11.7 Å². The molecule has 3 nitrogen and oxygen atoms in total. The molecular weight excluding hydrogens is 375 g/mol. The van der Waals surface area contributed by atoms with Crippen LogP contribution in [0.4, 0.5) is 4.39 Å². The number of halogens is 1. The normalized spacial score (nSPS) is 14.5. The Morgan fingerprint density at radius 1 is 0.967 bits per heavy atom. The molecule has 0 bridgehead atoms. The molecule has 1 saturated carbocycles. The van der Waals surface area contributed by atoms with Crippen molar-refractivity contribution in [3.63, 3.8) is 0 Å². The SMILES string of the molecule is CN(C)Cc1ccc(-c2ccccc2CNC(=O)C2(c3ccc(F)cc3)CC2)cc1. The number of carbonyl (C=O) groups excluding carboxylic acids is 1. The van der Waals surface area contributed by atoms with Crippen molar-refractivity contribution in [2.75, 3.05) is 14.1 Å². The zero-order valence-corrected chi connectivity index (χ0v) is 17.5. The van der Waals surface area contributed by atoms with Gasteiger partial charge in [0.15, 0.2) is 0 Å². The summed E-state index contributed by atoms with van der Waals surface area (Å²) in [5.74, 6) is -0.259. The lowest BCUT2D eigenvalue weighted by atomic mass is 9.94. The van der Waals surface area contributed by atoms with Crippen LogP contribution in [0.5, 0.6) is 0 Å². The van der Waals surface area contributed by atoms with Crippen LogP contribution in [0.3, 0.4) is 0 Å². The minimum atomic E-state index is -0.504. The van der Waals surface area contributed by atoms with Crippen molar-refractivity contribution in [1.29, 1.82) is 0 Å². The van der Waals surface area contributed by atoms with Crippen molar-refractivity contribution in [2.24, 2.45) is 0 Å². The highest BCUT2D eigenvalue weighted by Crippen LogP contribution is 2.48. The van der Waals surface area contributed by atoms with Gasteiger partial charge in [0, 0.05) is 13.1 Å². The molecule has 1 aliphatic rings. The molecule has 0 atom stereocenters. The Balaban J connectivity index is 1.48. The summed E-state index contributed by atoms with van der Waals surface area (Å²) in [6.45, 7) is 1.38. The molecule has 1 amide bonds. The summed E-state index contributed by atoms with van der Waals surface area (Å²) in [6, 6.07) is 23.1. The standard InChI is InChI=1S/C26H27FN2O/c1-29(2)18-19-7-9-20(10-8-19)24-6-4-3-5-21(24)17-28-25(30)26(15-16-26)22-11-13-23(27)14-12-22/h3-14H,15-18H2,1-2H3,(H,28,30). The third kappa shape index (κ3) is 4.29. The van der Waals surface area contributed by atoms with E-state index in [2.05, 4.69) is 60.7 Å². The lowest BCUT2D eigenvalue weighted by Gasteiger charge is -2.17. The molecule has 1 aliphatic carbocycles. The van der Waals surface area contributed by atoms with E-state index in [1.165, 1.54) is 17.7 Å². The zero-order chi connectivity index (χ0) is 21.1. The topological polar surface area (TPSA) is 32.3 Å². The van der Waals surface area contributed by atoms with E-state index in [4.69, 9.17) is 0 Å². The molecule has 0 unspecified atom stereocenters. The smallest absolute Gasteiger partial charge is 0.230 e. The second-order valence-electron chi connectivity index (χ2n) is 8.36. The number of rotatable bonds is 7. The van der Waals surface area contributed by atoms with Gasteiger partial charge in [0.25, 0.3) is 0 Å². The van der Waals surface area contributed by atoms with E-state index in [9.17, 15) is 9.18 Å². The largest absolute Gasteiger partial charge is 0.351 e. The molecule has 0 aliphatic heterocycles. The fourth-order valence-electron chi connectivity index (χ4n) is 4.00. The van der Waals surface area contributed by atoms with Gasteiger partial charge >= 0.3 is 0 Å². The second kappa shape index (κ2) is 8.41. The lowest BCUT2D eigenvalue weighted by Crippen LogP contribution is -2.34. The number of benzene rings is 3. The molecular formula is C26H27FN2O. The Kier molecular flexibility index (Phi) is 5.69. The number of nitrogens with zero attached hydrogens (tertiary/aromatic N) is 1. The van der Waals surface area contributed by atoms with Crippen LogP contribution in [0, 0.1) is 5.82 Å². The van der Waals surface area contributed by atoms with Crippen LogP contribution in [-0.2, 0) is 23.3 Å². The minimum absolute atomic E-state index is 0.0187. The number of hydrogen-bond acceptors (Lipinski definition) is 2. The van der Waals surface area contributed by atoms with Gasteiger partial charge in [0.1, 0.15) is 5.82 Å². The van der Waals surface area contributed by atoms with Gasteiger partial charge in [0.2, 0.25) is 5.91 Å². The summed E-state index contributed by atoms with van der Waals surface area (Å²) in [6.07, 6.45) is 1.61. The molecule has 0 heterocycles. The van der Waals surface area contributed by atoms with Crippen LogP contribution in [0.15, 0.2) is 72.8 Å². The molecule has 154 valence electrons. The van der Waals surface area contributed by atoms with Crippen LogP contribution >= 0.6 is 0 Å². The molecule has 1 fully saturated rings. The van der Waals surface area contributed by atoms with E-state index in [0.29, 0.717) is 6.54 Å².